The molecule has 1 aromatic carbocycles. The van der Waals surface area contributed by atoms with E-state index in [-0.39, 0.29) is 0 Å². The van der Waals surface area contributed by atoms with Gasteiger partial charge in [0.05, 0.1) is 17.1 Å². The molecule has 0 aliphatic heterocycles. The van der Waals surface area contributed by atoms with Gasteiger partial charge in [0, 0.05) is 18.5 Å². The van der Waals surface area contributed by atoms with Gasteiger partial charge in [-0.05, 0) is 37.8 Å². The lowest BCUT2D eigenvalue weighted by Gasteiger charge is -2.26. The lowest BCUT2D eigenvalue weighted by Crippen LogP contribution is -2.31. The molecule has 19 heavy (non-hydrogen) atoms. The predicted octanol–water partition coefficient (Wildman–Crippen LogP) is 3.34. The van der Waals surface area contributed by atoms with Gasteiger partial charge >= 0.3 is 0 Å². The van der Waals surface area contributed by atoms with E-state index in [0.717, 1.165) is 22.6 Å². The molecule has 96 valence electrons. The minimum atomic E-state index is 0.486. The highest BCUT2D eigenvalue weighted by Gasteiger charge is 2.31. The zero-order valence-electron chi connectivity index (χ0n) is 11.3. The van der Waals surface area contributed by atoms with Crippen molar-refractivity contribution in [2.75, 3.05) is 11.9 Å². The fourth-order valence-electron chi connectivity index (χ4n) is 2.54. The smallest absolute Gasteiger partial charge is 0.130 e. The van der Waals surface area contributed by atoms with Crippen LogP contribution in [0, 0.1) is 17.2 Å². The molecule has 1 aliphatic rings. The summed E-state index contributed by atoms with van der Waals surface area (Å²) in [6.07, 6.45) is 2.62. The largest absolute Gasteiger partial charge is 0.357 e. The van der Waals surface area contributed by atoms with Gasteiger partial charge in [-0.3, -0.25) is 0 Å². The van der Waals surface area contributed by atoms with Crippen LogP contribution < -0.4 is 4.90 Å². The zero-order valence-corrected chi connectivity index (χ0v) is 11.3. The van der Waals surface area contributed by atoms with Crippen LogP contribution in [-0.4, -0.2) is 18.1 Å². The summed E-state index contributed by atoms with van der Waals surface area (Å²) in [7, 11) is 2.07. The van der Waals surface area contributed by atoms with E-state index in [9.17, 15) is 5.26 Å². The van der Waals surface area contributed by atoms with Crippen molar-refractivity contribution < 1.29 is 0 Å². The van der Waals surface area contributed by atoms with Crippen LogP contribution in [0.4, 0.5) is 5.82 Å². The van der Waals surface area contributed by atoms with E-state index in [0.29, 0.717) is 11.6 Å². The monoisotopic (exact) mass is 251 g/mol. The van der Waals surface area contributed by atoms with E-state index in [1.165, 1.54) is 12.8 Å². The second-order valence-electron chi connectivity index (χ2n) is 5.35. The fourth-order valence-corrected chi connectivity index (χ4v) is 2.54. The van der Waals surface area contributed by atoms with Crippen molar-refractivity contribution in [3.05, 3.63) is 35.9 Å². The Morgan fingerprint density at radius 1 is 1.37 bits per heavy atom. The quantitative estimate of drug-likeness (QED) is 0.840. The fraction of sp³-hybridized carbons (Fsp3) is 0.375. The van der Waals surface area contributed by atoms with Gasteiger partial charge in [-0.15, -0.1) is 0 Å². The van der Waals surface area contributed by atoms with E-state index in [4.69, 9.17) is 0 Å². The maximum absolute atomic E-state index is 9.31. The highest BCUT2D eigenvalue weighted by Crippen LogP contribution is 2.36. The molecule has 1 aromatic heterocycles. The van der Waals surface area contributed by atoms with Gasteiger partial charge in [-0.1, -0.05) is 18.2 Å². The van der Waals surface area contributed by atoms with Crippen LogP contribution in [0.15, 0.2) is 30.3 Å². The molecule has 0 spiro atoms. The van der Waals surface area contributed by atoms with Crippen LogP contribution >= 0.6 is 0 Å². The molecule has 0 N–H and O–H groups in total. The van der Waals surface area contributed by atoms with Crippen LogP contribution in [-0.2, 0) is 0 Å². The molecule has 0 saturated heterocycles. The Balaban J connectivity index is 2.06. The van der Waals surface area contributed by atoms with Gasteiger partial charge < -0.3 is 4.90 Å². The molecule has 1 fully saturated rings. The number of nitriles is 1. The number of para-hydroxylation sites is 1. The normalized spacial score (nSPS) is 16.1. The number of fused-ring (bicyclic) bond motifs is 1. The van der Waals surface area contributed by atoms with Crippen molar-refractivity contribution in [3.63, 3.8) is 0 Å². The number of rotatable bonds is 3. The lowest BCUT2D eigenvalue weighted by molar-refractivity contribution is 0.604. The third kappa shape index (κ3) is 2.15. The number of hydrogen-bond acceptors (Lipinski definition) is 3. The summed E-state index contributed by atoms with van der Waals surface area (Å²) in [6, 6.07) is 12.5. The molecule has 1 unspecified atom stereocenters. The first-order valence-corrected chi connectivity index (χ1v) is 6.73. The molecule has 1 saturated carbocycles. The minimum Gasteiger partial charge on any atom is -0.357 e. The summed E-state index contributed by atoms with van der Waals surface area (Å²) >= 11 is 0. The first kappa shape index (κ1) is 12.0. The van der Waals surface area contributed by atoms with E-state index in [1.54, 1.807) is 0 Å². The van der Waals surface area contributed by atoms with E-state index >= 15 is 0 Å². The molecule has 0 bridgehead atoms. The second kappa shape index (κ2) is 4.55. The number of hydrogen-bond donors (Lipinski definition) is 0. The minimum absolute atomic E-state index is 0.486. The highest BCUT2D eigenvalue weighted by atomic mass is 15.2. The molecular formula is C16H17N3. The van der Waals surface area contributed by atoms with Crippen LogP contribution in [0.5, 0.6) is 0 Å². The SMILES string of the molecule is CC(C1CC1)N(C)c1cc(C#N)c2ccccc2n1. The van der Waals surface area contributed by atoms with Crippen molar-refractivity contribution in [2.24, 2.45) is 5.92 Å². The van der Waals surface area contributed by atoms with Crippen molar-refractivity contribution in [1.82, 2.24) is 4.98 Å². The predicted molar refractivity (Wildman–Crippen MR) is 77.0 cm³/mol. The van der Waals surface area contributed by atoms with Crippen molar-refractivity contribution in [2.45, 2.75) is 25.8 Å². The van der Waals surface area contributed by atoms with Crippen LogP contribution in [0.2, 0.25) is 0 Å². The summed E-state index contributed by atoms with van der Waals surface area (Å²) < 4.78 is 0. The molecule has 3 nitrogen and oxygen atoms in total. The Morgan fingerprint density at radius 2 is 2.11 bits per heavy atom. The van der Waals surface area contributed by atoms with Gasteiger partial charge in [0.25, 0.3) is 0 Å². The van der Waals surface area contributed by atoms with Crippen molar-refractivity contribution >= 4 is 16.7 Å². The Bertz CT molecular complexity index is 653. The van der Waals surface area contributed by atoms with Gasteiger partial charge in [0.1, 0.15) is 5.82 Å². The number of pyridine rings is 1. The Hall–Kier alpha value is -2.08. The van der Waals surface area contributed by atoms with E-state index in [2.05, 4.69) is 29.9 Å². The number of aromatic nitrogens is 1. The summed E-state index contributed by atoms with van der Waals surface area (Å²) in [5, 5.41) is 10.2. The van der Waals surface area contributed by atoms with Gasteiger partial charge in [0.2, 0.25) is 0 Å². The molecule has 0 radical (unpaired) electrons. The molecule has 1 aliphatic carbocycles. The summed E-state index contributed by atoms with van der Waals surface area (Å²) in [6.45, 7) is 2.24. The van der Waals surface area contributed by atoms with Crippen LogP contribution in [0.3, 0.4) is 0 Å². The van der Waals surface area contributed by atoms with E-state index < -0.39 is 0 Å². The molecule has 3 rings (SSSR count). The molecule has 2 aromatic rings. The van der Waals surface area contributed by atoms with Gasteiger partial charge in [0.15, 0.2) is 0 Å². The second-order valence-corrected chi connectivity index (χ2v) is 5.35. The standard InChI is InChI=1S/C16H17N3/c1-11(12-7-8-12)19(2)16-9-13(10-17)14-5-3-4-6-15(14)18-16/h3-6,9,11-12H,7-8H2,1-2H3. The highest BCUT2D eigenvalue weighted by molar-refractivity contribution is 5.86. The molecule has 3 heteroatoms. The third-order valence-corrected chi connectivity index (χ3v) is 4.10. The van der Waals surface area contributed by atoms with Gasteiger partial charge in [-0.2, -0.15) is 5.26 Å². The summed E-state index contributed by atoms with van der Waals surface area (Å²) in [4.78, 5) is 6.89. The summed E-state index contributed by atoms with van der Waals surface area (Å²) in [5.74, 6) is 1.68. The summed E-state index contributed by atoms with van der Waals surface area (Å²) in [5.41, 5.74) is 1.60. The van der Waals surface area contributed by atoms with Crippen LogP contribution in [0.25, 0.3) is 10.9 Å². The zero-order chi connectivity index (χ0) is 13.4. The molecule has 1 heterocycles. The molecule has 1 atom stereocenters. The Labute approximate surface area is 113 Å². The average molecular weight is 251 g/mol. The number of benzene rings is 1. The van der Waals surface area contributed by atoms with Gasteiger partial charge in [-0.25, -0.2) is 4.98 Å². The van der Waals surface area contributed by atoms with Crippen molar-refractivity contribution in [3.8, 4) is 6.07 Å². The first-order valence-electron chi connectivity index (χ1n) is 6.73. The number of anilines is 1. The Kier molecular flexibility index (Phi) is 2.87. The molecule has 0 amide bonds. The first-order chi connectivity index (χ1) is 9.20. The van der Waals surface area contributed by atoms with Crippen molar-refractivity contribution in [1.29, 1.82) is 5.26 Å². The third-order valence-electron chi connectivity index (χ3n) is 4.10. The topological polar surface area (TPSA) is 39.9 Å². The lowest BCUT2D eigenvalue weighted by atomic mass is 10.1. The number of nitrogens with zero attached hydrogens (tertiary/aromatic N) is 3. The maximum atomic E-state index is 9.31. The Morgan fingerprint density at radius 3 is 2.79 bits per heavy atom. The van der Waals surface area contributed by atoms with E-state index in [1.807, 2.05) is 30.3 Å². The molecular weight excluding hydrogens is 234 g/mol. The maximum Gasteiger partial charge on any atom is 0.130 e. The van der Waals surface area contributed by atoms with Crippen LogP contribution in [0.1, 0.15) is 25.3 Å². The average Bonchev–Trinajstić information content (AvgIpc) is 3.29.